The first kappa shape index (κ1) is 11.3. The lowest BCUT2D eigenvalue weighted by molar-refractivity contribution is 0.0652. The molecule has 0 aliphatic rings. The smallest absolute Gasteiger partial charge is 0.374 e. The maximum Gasteiger partial charge on any atom is 0.374 e. The van der Waals surface area contributed by atoms with Gasteiger partial charge in [0.1, 0.15) is 12.4 Å². The second kappa shape index (κ2) is 4.37. The Morgan fingerprint density at radius 2 is 2.24 bits per heavy atom. The number of aromatic nitrogens is 1. The molecular weight excluding hydrogens is 225 g/mol. The van der Waals surface area contributed by atoms with Gasteiger partial charge in [0.2, 0.25) is 5.76 Å². The summed E-state index contributed by atoms with van der Waals surface area (Å²) in [6, 6.07) is 6.40. The van der Waals surface area contributed by atoms with E-state index in [1.54, 1.807) is 18.2 Å². The number of alkyl halides is 1. The van der Waals surface area contributed by atoms with Crippen LogP contribution in [0.2, 0.25) is 0 Å². The van der Waals surface area contributed by atoms with Crippen molar-refractivity contribution in [2.24, 2.45) is 0 Å². The third-order valence-electron chi connectivity index (χ3n) is 2.45. The fraction of sp³-hybridized carbons (Fsp3) is 0.167. The van der Waals surface area contributed by atoms with Gasteiger partial charge in [-0.1, -0.05) is 17.3 Å². The van der Waals surface area contributed by atoms with Crippen molar-refractivity contribution in [1.29, 1.82) is 0 Å². The highest BCUT2D eigenvalue weighted by Gasteiger charge is 2.14. The Morgan fingerprint density at radius 3 is 2.82 bits per heavy atom. The number of rotatable bonds is 3. The van der Waals surface area contributed by atoms with Crippen LogP contribution in [0.4, 0.5) is 4.39 Å². The zero-order valence-electron chi connectivity index (χ0n) is 9.11. The molecule has 5 heteroatoms. The van der Waals surface area contributed by atoms with Gasteiger partial charge in [-0.25, -0.2) is 9.18 Å². The van der Waals surface area contributed by atoms with Gasteiger partial charge in [-0.2, -0.15) is 0 Å². The van der Waals surface area contributed by atoms with Crippen LogP contribution in [0.5, 0.6) is 0 Å². The number of hydrogen-bond donors (Lipinski definition) is 1. The molecule has 1 N–H and O–H groups in total. The zero-order chi connectivity index (χ0) is 12.4. The van der Waals surface area contributed by atoms with Crippen molar-refractivity contribution in [3.63, 3.8) is 0 Å². The van der Waals surface area contributed by atoms with Gasteiger partial charge in [0.05, 0.1) is 0 Å². The number of hydrogen-bond acceptors (Lipinski definition) is 3. The summed E-state index contributed by atoms with van der Waals surface area (Å²) in [7, 11) is 0. The van der Waals surface area contributed by atoms with Crippen LogP contribution in [0.1, 0.15) is 21.7 Å². The van der Waals surface area contributed by atoms with Crippen molar-refractivity contribution in [3.05, 3.63) is 41.2 Å². The summed E-state index contributed by atoms with van der Waals surface area (Å²) in [6.45, 7) is 1.27. The number of aryl methyl sites for hydroxylation is 1. The molecule has 0 saturated heterocycles. The van der Waals surface area contributed by atoms with Crippen molar-refractivity contribution in [3.8, 4) is 11.3 Å². The molecule has 0 radical (unpaired) electrons. The molecule has 4 nitrogen and oxygen atoms in total. The first-order valence-electron chi connectivity index (χ1n) is 4.97. The summed E-state index contributed by atoms with van der Waals surface area (Å²) in [5.74, 6) is -1.41. The maximum absolute atomic E-state index is 12.5. The number of halogens is 1. The molecule has 2 aromatic rings. The maximum atomic E-state index is 12.5. The van der Waals surface area contributed by atoms with Crippen LogP contribution >= 0.6 is 0 Å². The van der Waals surface area contributed by atoms with E-state index in [0.29, 0.717) is 16.8 Å². The largest absolute Gasteiger partial charge is 0.475 e. The molecule has 0 atom stereocenters. The average molecular weight is 235 g/mol. The highest BCUT2D eigenvalue weighted by Crippen LogP contribution is 2.24. The van der Waals surface area contributed by atoms with Crippen LogP contribution in [0.25, 0.3) is 11.3 Å². The average Bonchev–Trinajstić information content (AvgIpc) is 2.79. The molecular formula is C12H10FNO3. The Balaban J connectivity index is 2.47. The number of aromatic carboxylic acids is 1. The highest BCUT2D eigenvalue weighted by atomic mass is 19.1. The lowest BCUT2D eigenvalue weighted by atomic mass is 10.0. The molecule has 0 spiro atoms. The van der Waals surface area contributed by atoms with Crippen LogP contribution in [-0.4, -0.2) is 16.2 Å². The molecule has 0 amide bonds. The van der Waals surface area contributed by atoms with E-state index in [9.17, 15) is 9.18 Å². The number of benzene rings is 1. The summed E-state index contributed by atoms with van der Waals surface area (Å²) in [6.07, 6.45) is 0. The molecule has 0 unspecified atom stereocenters. The fourth-order valence-electron chi connectivity index (χ4n) is 1.53. The Labute approximate surface area is 96.7 Å². The van der Waals surface area contributed by atoms with Crippen LogP contribution in [0.15, 0.2) is 28.8 Å². The van der Waals surface area contributed by atoms with E-state index >= 15 is 0 Å². The van der Waals surface area contributed by atoms with Crippen LogP contribution in [0.3, 0.4) is 0 Å². The second-order valence-electron chi connectivity index (χ2n) is 3.66. The van der Waals surface area contributed by atoms with Crippen molar-refractivity contribution in [2.75, 3.05) is 0 Å². The number of carbonyl (C=O) groups is 1. The summed E-state index contributed by atoms with van der Waals surface area (Å²) in [4.78, 5) is 10.7. The molecule has 0 aliphatic heterocycles. The summed E-state index contributed by atoms with van der Waals surface area (Å²) in [5.41, 5.74) is 2.48. The first-order chi connectivity index (χ1) is 8.11. The van der Waals surface area contributed by atoms with Crippen LogP contribution < -0.4 is 0 Å². The van der Waals surface area contributed by atoms with Crippen LogP contribution in [-0.2, 0) is 6.67 Å². The zero-order valence-corrected chi connectivity index (χ0v) is 9.11. The Hall–Kier alpha value is -2.17. The summed E-state index contributed by atoms with van der Waals surface area (Å²) in [5, 5.41) is 12.4. The van der Waals surface area contributed by atoms with E-state index in [1.807, 2.05) is 6.92 Å². The fourth-order valence-corrected chi connectivity index (χ4v) is 1.53. The second-order valence-corrected chi connectivity index (χ2v) is 3.66. The third kappa shape index (κ3) is 2.18. The van der Waals surface area contributed by atoms with Gasteiger partial charge < -0.3 is 9.63 Å². The number of carboxylic acid groups (broad SMARTS) is 1. The minimum Gasteiger partial charge on any atom is -0.475 e. The molecule has 1 aromatic heterocycles. The molecule has 0 fully saturated rings. The molecule has 1 aromatic carbocycles. The van der Waals surface area contributed by atoms with Gasteiger partial charge in [-0.15, -0.1) is 0 Å². The number of nitrogens with zero attached hydrogens (tertiary/aromatic N) is 1. The van der Waals surface area contributed by atoms with E-state index in [-0.39, 0.29) is 5.76 Å². The van der Waals surface area contributed by atoms with Gasteiger partial charge >= 0.3 is 5.97 Å². The van der Waals surface area contributed by atoms with Gasteiger partial charge in [0, 0.05) is 11.6 Å². The monoisotopic (exact) mass is 235 g/mol. The predicted octanol–water partition coefficient (Wildman–Crippen LogP) is 2.82. The highest BCUT2D eigenvalue weighted by molar-refractivity contribution is 5.85. The minimum atomic E-state index is -1.18. The molecule has 0 aliphatic carbocycles. The van der Waals surface area contributed by atoms with E-state index < -0.39 is 12.6 Å². The Kier molecular flexibility index (Phi) is 2.91. The van der Waals surface area contributed by atoms with Crippen molar-refractivity contribution >= 4 is 5.97 Å². The molecule has 88 valence electrons. The molecule has 0 bridgehead atoms. The van der Waals surface area contributed by atoms with Gasteiger partial charge in [-0.05, 0) is 24.1 Å². The first-order valence-corrected chi connectivity index (χ1v) is 4.97. The summed E-state index contributed by atoms with van der Waals surface area (Å²) >= 11 is 0. The SMILES string of the molecule is Cc1ccc(CF)cc1-c1cc(C(=O)O)on1. The molecule has 17 heavy (non-hydrogen) atoms. The van der Waals surface area contributed by atoms with E-state index in [4.69, 9.17) is 5.11 Å². The molecule has 2 rings (SSSR count). The quantitative estimate of drug-likeness (QED) is 0.888. The van der Waals surface area contributed by atoms with Crippen molar-refractivity contribution < 1.29 is 18.8 Å². The predicted molar refractivity (Wildman–Crippen MR) is 58.4 cm³/mol. The van der Waals surface area contributed by atoms with E-state index in [1.165, 1.54) is 6.07 Å². The van der Waals surface area contributed by atoms with Crippen molar-refractivity contribution in [1.82, 2.24) is 5.16 Å². The van der Waals surface area contributed by atoms with Gasteiger partial charge in [0.15, 0.2) is 0 Å². The van der Waals surface area contributed by atoms with Crippen molar-refractivity contribution in [2.45, 2.75) is 13.6 Å². The molecule has 1 heterocycles. The lowest BCUT2D eigenvalue weighted by Gasteiger charge is -2.03. The normalized spacial score (nSPS) is 10.5. The number of carboxylic acids is 1. The molecule has 0 saturated carbocycles. The lowest BCUT2D eigenvalue weighted by Crippen LogP contribution is -1.91. The Morgan fingerprint density at radius 1 is 1.47 bits per heavy atom. The summed E-state index contributed by atoms with van der Waals surface area (Å²) < 4.78 is 17.2. The van der Waals surface area contributed by atoms with E-state index in [2.05, 4.69) is 9.68 Å². The van der Waals surface area contributed by atoms with E-state index in [0.717, 1.165) is 5.56 Å². The Bertz CT molecular complexity index is 563. The third-order valence-corrected chi connectivity index (χ3v) is 2.45. The standard InChI is InChI=1S/C12H10FNO3/c1-7-2-3-8(6-13)4-9(7)10-5-11(12(15)16)17-14-10/h2-5H,6H2,1H3,(H,15,16). The topological polar surface area (TPSA) is 63.3 Å². The van der Waals surface area contributed by atoms with Crippen LogP contribution in [0, 0.1) is 6.92 Å². The minimum absolute atomic E-state index is 0.231. The van der Waals surface area contributed by atoms with Gasteiger partial charge in [0.25, 0.3) is 0 Å². The van der Waals surface area contributed by atoms with Gasteiger partial charge in [-0.3, -0.25) is 0 Å².